The van der Waals surface area contributed by atoms with E-state index in [1.54, 1.807) is 18.2 Å². The first-order valence-corrected chi connectivity index (χ1v) is 7.18. The first kappa shape index (κ1) is 19.5. The van der Waals surface area contributed by atoms with Crippen LogP contribution in [0.4, 0.5) is 0 Å². The molecule has 2 aromatic rings. The summed E-state index contributed by atoms with van der Waals surface area (Å²) in [5.41, 5.74) is 1.22. The Labute approximate surface area is 152 Å². The molecule has 124 valence electrons. The normalized spacial score (nSPS) is 12.2. The Morgan fingerprint density at radius 1 is 1.17 bits per heavy atom. The number of hydrogen-bond donors (Lipinski definition) is 1. The summed E-state index contributed by atoms with van der Waals surface area (Å²) in [6.45, 7) is 0. The molecule has 0 saturated carbocycles. The molecule has 0 spiro atoms. The van der Waals surface area contributed by atoms with E-state index in [0.717, 1.165) is 5.57 Å². The predicted molar refractivity (Wildman–Crippen MR) is 91.0 cm³/mol. The van der Waals surface area contributed by atoms with Gasteiger partial charge in [-0.15, -0.1) is 0 Å². The minimum atomic E-state index is -0.239. The summed E-state index contributed by atoms with van der Waals surface area (Å²) in [5.74, 6) is 0.201. The molecule has 0 aromatic heterocycles. The monoisotopic (exact) mass is 362 g/mol. The van der Waals surface area contributed by atoms with Crippen LogP contribution in [0.3, 0.4) is 0 Å². The second-order valence-corrected chi connectivity index (χ2v) is 4.76. The molecule has 0 unspecified atom stereocenters. The summed E-state index contributed by atoms with van der Waals surface area (Å²) in [7, 11) is 1.51. The molecule has 0 saturated heterocycles. The van der Waals surface area contributed by atoms with Crippen molar-refractivity contribution >= 4 is 5.76 Å². The first-order valence-electron chi connectivity index (χ1n) is 7.18. The Bertz CT molecular complexity index is 707. The van der Waals surface area contributed by atoms with E-state index < -0.39 is 0 Å². The van der Waals surface area contributed by atoms with Crippen LogP contribution in [0.5, 0.6) is 11.5 Å². The largest absolute Gasteiger partial charge is 2.00 e. The number of methoxy groups -OCH3 is 1. The second-order valence-electron chi connectivity index (χ2n) is 4.76. The van der Waals surface area contributed by atoms with Crippen LogP contribution in [0, 0.1) is 0 Å². The van der Waals surface area contributed by atoms with Crippen LogP contribution >= 0.6 is 0 Å². The van der Waals surface area contributed by atoms with Crippen LogP contribution in [0.2, 0.25) is 0 Å². The summed E-state index contributed by atoms with van der Waals surface area (Å²) < 4.78 is 4.96. The van der Waals surface area contributed by atoms with E-state index in [1.807, 2.05) is 54.6 Å². The van der Waals surface area contributed by atoms with Gasteiger partial charge in [-0.1, -0.05) is 42.2 Å². The molecule has 0 fully saturated rings. The van der Waals surface area contributed by atoms with Crippen molar-refractivity contribution in [2.45, 2.75) is 0 Å². The van der Waals surface area contributed by atoms with Gasteiger partial charge in [0.25, 0.3) is 0 Å². The van der Waals surface area contributed by atoms with Crippen LogP contribution in [0.15, 0.2) is 90.6 Å². The number of aromatic hydroxyl groups is 1. The van der Waals surface area contributed by atoms with Gasteiger partial charge in [0.2, 0.25) is 0 Å². The Morgan fingerprint density at radius 3 is 2.33 bits per heavy atom. The molecule has 0 amide bonds. The van der Waals surface area contributed by atoms with Gasteiger partial charge >= 0.3 is 17.1 Å². The van der Waals surface area contributed by atoms with E-state index in [-0.39, 0.29) is 34.1 Å². The molecule has 1 aliphatic carbocycles. The van der Waals surface area contributed by atoms with Crippen LogP contribution in [0.25, 0.3) is 5.76 Å². The number of phenols is 1. The molecule has 1 N–H and O–H groups in total. The standard InChI is InChI=1S/C15H14O3.C5H5.Fe/c1-18-12-7-8-13(15(17)10-12)14(16)9-6-11-4-2-3-5-11;1-2-4-5-3-1;/h2-10,16-17H,1H3;1-5H;/q;-1;+2/p-1/b14-9-;;. The topological polar surface area (TPSA) is 52.5 Å². The number of ether oxygens (including phenoxy) is 1. The van der Waals surface area contributed by atoms with E-state index in [1.165, 1.54) is 19.3 Å². The Balaban J connectivity index is 0.000000412. The van der Waals surface area contributed by atoms with Crippen molar-refractivity contribution in [1.82, 2.24) is 0 Å². The molecule has 24 heavy (non-hydrogen) atoms. The van der Waals surface area contributed by atoms with E-state index in [2.05, 4.69) is 0 Å². The Kier molecular flexibility index (Phi) is 8.34. The zero-order chi connectivity index (χ0) is 16.5. The van der Waals surface area contributed by atoms with E-state index >= 15 is 0 Å². The molecule has 3 nitrogen and oxygen atoms in total. The molecule has 0 bridgehead atoms. The average Bonchev–Trinajstić information content (AvgIpc) is 3.28. The van der Waals surface area contributed by atoms with Crippen LogP contribution in [-0.4, -0.2) is 12.2 Å². The van der Waals surface area contributed by atoms with Crippen molar-refractivity contribution in [3.8, 4) is 11.5 Å². The Hall–Kier alpha value is -2.55. The minimum Gasteiger partial charge on any atom is -0.872 e. The van der Waals surface area contributed by atoms with Crippen molar-refractivity contribution in [2.24, 2.45) is 0 Å². The third-order valence-corrected chi connectivity index (χ3v) is 3.14. The summed E-state index contributed by atoms with van der Waals surface area (Å²) in [6.07, 6.45) is 10.8. The van der Waals surface area contributed by atoms with Crippen LogP contribution in [0.1, 0.15) is 5.56 Å². The second kappa shape index (κ2) is 10.3. The van der Waals surface area contributed by atoms with Gasteiger partial charge in [0.1, 0.15) is 11.5 Å². The molecule has 3 rings (SSSR count). The third-order valence-electron chi connectivity index (χ3n) is 3.14. The number of hydrogen-bond acceptors (Lipinski definition) is 3. The van der Waals surface area contributed by atoms with Gasteiger partial charge in [0, 0.05) is 11.6 Å². The molecule has 0 heterocycles. The molecular weight excluding hydrogens is 344 g/mol. The zero-order valence-electron chi connectivity index (χ0n) is 13.2. The quantitative estimate of drug-likeness (QED) is 0.516. The fraction of sp³-hybridized carbons (Fsp3) is 0.0500. The molecule has 2 aromatic carbocycles. The van der Waals surface area contributed by atoms with Gasteiger partial charge in [-0.3, -0.25) is 0 Å². The maximum Gasteiger partial charge on any atom is 2.00 e. The van der Waals surface area contributed by atoms with Crippen LogP contribution in [-0.2, 0) is 17.1 Å². The summed E-state index contributed by atoms with van der Waals surface area (Å²) in [6, 6.07) is 14.6. The minimum absolute atomic E-state index is 0. The third kappa shape index (κ3) is 5.92. The smallest absolute Gasteiger partial charge is 0.872 e. The molecule has 1 aliphatic rings. The number of benzene rings is 1. The van der Waals surface area contributed by atoms with Crippen molar-refractivity contribution in [3.05, 3.63) is 96.1 Å². The van der Waals surface area contributed by atoms with Crippen LogP contribution < -0.4 is 9.84 Å². The molecule has 0 atom stereocenters. The van der Waals surface area contributed by atoms with Gasteiger partial charge in [0.15, 0.2) is 0 Å². The van der Waals surface area contributed by atoms with Gasteiger partial charge < -0.3 is 14.9 Å². The van der Waals surface area contributed by atoms with E-state index in [0.29, 0.717) is 5.75 Å². The maximum absolute atomic E-state index is 11.9. The van der Waals surface area contributed by atoms with Crippen molar-refractivity contribution < 1.29 is 32.0 Å². The van der Waals surface area contributed by atoms with E-state index in [9.17, 15) is 10.2 Å². The maximum atomic E-state index is 11.9. The van der Waals surface area contributed by atoms with Crippen molar-refractivity contribution in [3.63, 3.8) is 0 Å². The van der Waals surface area contributed by atoms with Gasteiger partial charge in [-0.2, -0.15) is 18.2 Å². The number of phenolic OH excluding ortho intramolecular Hbond substituents is 1. The van der Waals surface area contributed by atoms with Crippen molar-refractivity contribution in [1.29, 1.82) is 0 Å². The summed E-state index contributed by atoms with van der Waals surface area (Å²) in [4.78, 5) is 0. The SMILES string of the molecule is COc1ccc(/C([O-])=C/C=C2C=CC=C2)c(O)c1.[Fe+2].c1cc[cH-]c1. The Morgan fingerprint density at radius 2 is 1.83 bits per heavy atom. The number of allylic oxidation sites excluding steroid dienone is 7. The predicted octanol–water partition coefficient (Wildman–Crippen LogP) is 3.56. The fourth-order valence-electron chi connectivity index (χ4n) is 1.93. The molecule has 4 heteroatoms. The molecular formula is C20H18FeO3. The molecule has 0 aliphatic heterocycles. The zero-order valence-corrected chi connectivity index (χ0v) is 14.3. The fourth-order valence-corrected chi connectivity index (χ4v) is 1.93. The number of rotatable bonds is 3. The summed E-state index contributed by atoms with van der Waals surface area (Å²) in [5, 5.41) is 21.6. The van der Waals surface area contributed by atoms with Gasteiger partial charge in [-0.25, -0.2) is 12.1 Å². The average molecular weight is 362 g/mol. The first-order chi connectivity index (χ1) is 11.2. The summed E-state index contributed by atoms with van der Waals surface area (Å²) >= 11 is 0. The van der Waals surface area contributed by atoms with Crippen molar-refractivity contribution in [2.75, 3.05) is 7.11 Å². The van der Waals surface area contributed by atoms with E-state index in [4.69, 9.17) is 4.74 Å². The van der Waals surface area contributed by atoms with Gasteiger partial charge in [0.05, 0.1) is 7.11 Å². The molecule has 0 radical (unpaired) electrons. The van der Waals surface area contributed by atoms with Gasteiger partial charge in [-0.05, 0) is 17.7 Å².